The Bertz CT molecular complexity index is 639. The molecule has 5 heteroatoms. The number of carbonyl (C=O) groups excluding carboxylic acids is 1. The third kappa shape index (κ3) is 4.43. The molecule has 1 heterocycles. The first-order valence-electron chi connectivity index (χ1n) is 7.17. The highest BCUT2D eigenvalue weighted by Gasteiger charge is 2.14. The number of benzene rings is 1. The average molecular weight is 304 g/mol. The van der Waals surface area contributed by atoms with Gasteiger partial charge in [0.2, 0.25) is 5.91 Å². The Morgan fingerprint density at radius 2 is 1.86 bits per heavy atom. The topological polar surface area (TPSA) is 36.7 Å². The Kier molecular flexibility index (Phi) is 5.33. The molecule has 0 fully saturated rings. The number of halogens is 1. The summed E-state index contributed by atoms with van der Waals surface area (Å²) in [5, 5.41) is 0. The predicted octanol–water partition coefficient (Wildman–Crippen LogP) is 2.82. The molecule has 0 aliphatic heterocycles. The average Bonchev–Trinajstić information content (AvgIpc) is 2.86. The van der Waals surface area contributed by atoms with Crippen molar-refractivity contribution in [1.82, 2.24) is 9.80 Å². The van der Waals surface area contributed by atoms with Gasteiger partial charge in [0.1, 0.15) is 17.3 Å². The van der Waals surface area contributed by atoms with Gasteiger partial charge in [-0.15, -0.1) is 0 Å². The Hall–Kier alpha value is -2.14. The Labute approximate surface area is 130 Å². The number of carbonyl (C=O) groups is 1. The third-order valence-corrected chi connectivity index (χ3v) is 3.42. The normalized spacial score (nSPS) is 11.0. The molecular weight excluding hydrogens is 283 g/mol. The summed E-state index contributed by atoms with van der Waals surface area (Å²) in [6.07, 6.45) is 0. The van der Waals surface area contributed by atoms with E-state index in [4.69, 9.17) is 4.42 Å². The van der Waals surface area contributed by atoms with E-state index in [0.717, 1.165) is 11.5 Å². The molecule has 0 aliphatic carbocycles. The van der Waals surface area contributed by atoms with E-state index < -0.39 is 0 Å². The van der Waals surface area contributed by atoms with Crippen LogP contribution >= 0.6 is 0 Å². The number of amides is 1. The number of nitrogens with zero attached hydrogens (tertiary/aromatic N) is 2. The minimum atomic E-state index is -0.290. The lowest BCUT2D eigenvalue weighted by Gasteiger charge is -2.21. The van der Waals surface area contributed by atoms with E-state index in [2.05, 4.69) is 0 Å². The summed E-state index contributed by atoms with van der Waals surface area (Å²) in [5.41, 5.74) is 0.516. The molecule has 118 valence electrons. The largest absolute Gasteiger partial charge is 0.465 e. The summed E-state index contributed by atoms with van der Waals surface area (Å²) < 4.78 is 19.1. The lowest BCUT2D eigenvalue weighted by Crippen LogP contribution is -2.36. The molecule has 0 saturated carbocycles. The van der Waals surface area contributed by atoms with Gasteiger partial charge in [-0.05, 0) is 32.2 Å². The first-order valence-corrected chi connectivity index (χ1v) is 7.17. The molecule has 1 aromatic carbocycles. The monoisotopic (exact) mass is 304 g/mol. The van der Waals surface area contributed by atoms with Crippen molar-refractivity contribution in [3.8, 4) is 0 Å². The molecule has 0 unspecified atom stereocenters. The van der Waals surface area contributed by atoms with E-state index in [0.29, 0.717) is 12.1 Å². The maximum absolute atomic E-state index is 13.6. The van der Waals surface area contributed by atoms with Gasteiger partial charge in [0.25, 0.3) is 0 Å². The van der Waals surface area contributed by atoms with E-state index in [-0.39, 0.29) is 24.8 Å². The molecule has 0 aliphatic rings. The van der Waals surface area contributed by atoms with Gasteiger partial charge in [-0.1, -0.05) is 18.2 Å². The zero-order valence-corrected chi connectivity index (χ0v) is 13.2. The lowest BCUT2D eigenvalue weighted by atomic mass is 10.2. The summed E-state index contributed by atoms with van der Waals surface area (Å²) in [5.74, 6) is 1.33. The van der Waals surface area contributed by atoms with Crippen LogP contribution in [0, 0.1) is 12.7 Å². The Morgan fingerprint density at radius 1 is 1.14 bits per heavy atom. The summed E-state index contributed by atoms with van der Waals surface area (Å²) in [6.45, 7) is 2.97. The highest BCUT2D eigenvalue weighted by Crippen LogP contribution is 2.11. The van der Waals surface area contributed by atoms with E-state index in [1.807, 2.05) is 31.0 Å². The number of likely N-dealkylation sites (N-methyl/N-ethyl adjacent to an activating group) is 2. The van der Waals surface area contributed by atoms with Crippen LogP contribution in [-0.4, -0.2) is 36.3 Å². The van der Waals surface area contributed by atoms with Crippen molar-refractivity contribution < 1.29 is 13.6 Å². The van der Waals surface area contributed by atoms with Crippen molar-refractivity contribution in [3.05, 3.63) is 59.3 Å². The van der Waals surface area contributed by atoms with Crippen LogP contribution in [0.3, 0.4) is 0 Å². The Morgan fingerprint density at radius 3 is 2.50 bits per heavy atom. The van der Waals surface area contributed by atoms with Gasteiger partial charge in [-0.25, -0.2) is 4.39 Å². The van der Waals surface area contributed by atoms with Crippen LogP contribution in [0.25, 0.3) is 0 Å². The van der Waals surface area contributed by atoms with Gasteiger partial charge in [0, 0.05) is 19.2 Å². The van der Waals surface area contributed by atoms with E-state index in [1.165, 1.54) is 11.0 Å². The molecule has 1 amide bonds. The number of rotatable bonds is 6. The van der Waals surface area contributed by atoms with Crippen LogP contribution in [-0.2, 0) is 17.9 Å². The van der Waals surface area contributed by atoms with Crippen LogP contribution in [0.5, 0.6) is 0 Å². The van der Waals surface area contributed by atoms with Crippen molar-refractivity contribution in [1.29, 1.82) is 0 Å². The molecule has 2 rings (SSSR count). The second-order valence-electron chi connectivity index (χ2n) is 5.53. The van der Waals surface area contributed by atoms with Crippen LogP contribution < -0.4 is 0 Å². The zero-order valence-electron chi connectivity index (χ0n) is 13.2. The summed E-state index contributed by atoms with van der Waals surface area (Å²) in [6, 6.07) is 10.3. The fourth-order valence-electron chi connectivity index (χ4n) is 2.21. The summed E-state index contributed by atoms with van der Waals surface area (Å²) >= 11 is 0. The molecule has 2 aromatic rings. The zero-order chi connectivity index (χ0) is 16.1. The molecule has 0 bridgehead atoms. The maximum Gasteiger partial charge on any atom is 0.236 e. The van der Waals surface area contributed by atoms with Gasteiger partial charge in [0.15, 0.2) is 0 Å². The highest BCUT2D eigenvalue weighted by atomic mass is 19.1. The molecule has 0 saturated heterocycles. The van der Waals surface area contributed by atoms with Crippen molar-refractivity contribution in [2.75, 3.05) is 20.6 Å². The SMILES string of the molecule is Cc1ccc(CN(C)CC(=O)N(C)Cc2ccccc2F)o1. The number of furan rings is 1. The van der Waals surface area contributed by atoms with Gasteiger partial charge in [0.05, 0.1) is 13.1 Å². The fraction of sp³-hybridized carbons (Fsp3) is 0.353. The summed E-state index contributed by atoms with van der Waals surface area (Å²) in [7, 11) is 3.53. The van der Waals surface area contributed by atoms with Crippen LogP contribution in [0.1, 0.15) is 17.1 Å². The third-order valence-electron chi connectivity index (χ3n) is 3.42. The molecule has 4 nitrogen and oxygen atoms in total. The van der Waals surface area contributed by atoms with Crippen molar-refractivity contribution in [3.63, 3.8) is 0 Å². The molecule has 0 radical (unpaired) electrons. The molecule has 0 N–H and O–H groups in total. The molecule has 22 heavy (non-hydrogen) atoms. The van der Waals surface area contributed by atoms with E-state index >= 15 is 0 Å². The van der Waals surface area contributed by atoms with Gasteiger partial charge < -0.3 is 9.32 Å². The van der Waals surface area contributed by atoms with E-state index in [9.17, 15) is 9.18 Å². The molecule has 0 spiro atoms. The number of hydrogen-bond donors (Lipinski definition) is 0. The minimum absolute atomic E-state index is 0.0611. The maximum atomic E-state index is 13.6. The van der Waals surface area contributed by atoms with Crippen molar-refractivity contribution in [2.45, 2.75) is 20.0 Å². The smallest absolute Gasteiger partial charge is 0.236 e. The number of hydrogen-bond acceptors (Lipinski definition) is 3. The minimum Gasteiger partial charge on any atom is -0.465 e. The second kappa shape index (κ2) is 7.22. The van der Waals surface area contributed by atoms with E-state index in [1.54, 1.807) is 25.2 Å². The van der Waals surface area contributed by atoms with Crippen LogP contribution in [0.15, 0.2) is 40.8 Å². The van der Waals surface area contributed by atoms with Crippen LogP contribution in [0.4, 0.5) is 4.39 Å². The lowest BCUT2D eigenvalue weighted by molar-refractivity contribution is -0.131. The highest BCUT2D eigenvalue weighted by molar-refractivity contribution is 5.77. The predicted molar refractivity (Wildman–Crippen MR) is 82.7 cm³/mol. The summed E-state index contributed by atoms with van der Waals surface area (Å²) in [4.78, 5) is 15.6. The first kappa shape index (κ1) is 16.2. The standard InChI is InChI=1S/C17H21FN2O2/c1-13-8-9-15(22-13)11-19(2)12-17(21)20(3)10-14-6-4-5-7-16(14)18/h4-9H,10-12H2,1-3H3. The fourth-order valence-corrected chi connectivity index (χ4v) is 2.21. The Balaban J connectivity index is 1.87. The first-order chi connectivity index (χ1) is 10.5. The number of aryl methyl sites for hydroxylation is 1. The molecule has 1 aromatic heterocycles. The van der Waals surface area contributed by atoms with Gasteiger partial charge in [-0.2, -0.15) is 0 Å². The quantitative estimate of drug-likeness (QED) is 0.823. The van der Waals surface area contributed by atoms with Gasteiger partial charge >= 0.3 is 0 Å². The second-order valence-corrected chi connectivity index (χ2v) is 5.53. The van der Waals surface area contributed by atoms with Crippen molar-refractivity contribution >= 4 is 5.91 Å². The van der Waals surface area contributed by atoms with Crippen molar-refractivity contribution in [2.24, 2.45) is 0 Å². The molecule has 0 atom stereocenters. The molecular formula is C17H21FN2O2. The van der Waals surface area contributed by atoms with Gasteiger partial charge in [-0.3, -0.25) is 9.69 Å². The van der Waals surface area contributed by atoms with Crippen LogP contribution in [0.2, 0.25) is 0 Å².